The summed E-state index contributed by atoms with van der Waals surface area (Å²) in [6.45, 7) is 6.01. The second-order valence-electron chi connectivity index (χ2n) is 5.66. The SMILES string of the molecule is CCC1CCC(NS(=O)(=O)c2cc(C)c(CO)s2)C1C. The molecule has 6 heteroatoms. The molecule has 1 aromatic rings. The molecule has 3 unspecified atom stereocenters. The smallest absolute Gasteiger partial charge is 0.250 e. The van der Waals surface area contributed by atoms with E-state index in [0.29, 0.717) is 16.0 Å². The molecule has 4 nitrogen and oxygen atoms in total. The minimum absolute atomic E-state index is 0.0323. The van der Waals surface area contributed by atoms with Crippen molar-refractivity contribution in [1.29, 1.82) is 0 Å². The third-order valence-electron chi connectivity index (χ3n) is 4.46. The van der Waals surface area contributed by atoms with Gasteiger partial charge in [0.1, 0.15) is 4.21 Å². The Morgan fingerprint density at radius 1 is 1.45 bits per heavy atom. The first-order valence-corrected chi connectivity index (χ1v) is 9.41. The Balaban J connectivity index is 2.15. The molecule has 1 aromatic heterocycles. The number of thiophene rings is 1. The van der Waals surface area contributed by atoms with Gasteiger partial charge in [0.25, 0.3) is 0 Å². The van der Waals surface area contributed by atoms with Crippen molar-refractivity contribution in [2.45, 2.75) is 56.9 Å². The summed E-state index contributed by atoms with van der Waals surface area (Å²) in [7, 11) is -3.46. The van der Waals surface area contributed by atoms with Crippen LogP contribution in [0.2, 0.25) is 0 Å². The van der Waals surface area contributed by atoms with E-state index in [1.807, 2.05) is 6.92 Å². The molecule has 0 bridgehead atoms. The van der Waals surface area contributed by atoms with Gasteiger partial charge < -0.3 is 5.11 Å². The van der Waals surface area contributed by atoms with Crippen molar-refractivity contribution in [2.24, 2.45) is 11.8 Å². The lowest BCUT2D eigenvalue weighted by Gasteiger charge is -2.20. The first-order chi connectivity index (χ1) is 9.39. The molecule has 1 fully saturated rings. The molecule has 1 heterocycles. The van der Waals surface area contributed by atoms with Gasteiger partial charge in [-0.25, -0.2) is 13.1 Å². The Labute approximate surface area is 125 Å². The van der Waals surface area contributed by atoms with Crippen LogP contribution in [-0.4, -0.2) is 19.6 Å². The van der Waals surface area contributed by atoms with Crippen LogP contribution >= 0.6 is 11.3 Å². The summed E-state index contributed by atoms with van der Waals surface area (Å²) in [5.41, 5.74) is 0.837. The van der Waals surface area contributed by atoms with Crippen molar-refractivity contribution in [3.8, 4) is 0 Å². The van der Waals surface area contributed by atoms with Crippen LogP contribution in [0, 0.1) is 18.8 Å². The Hall–Kier alpha value is -0.430. The quantitative estimate of drug-likeness (QED) is 0.877. The number of hydrogen-bond acceptors (Lipinski definition) is 4. The van der Waals surface area contributed by atoms with Gasteiger partial charge >= 0.3 is 0 Å². The van der Waals surface area contributed by atoms with E-state index in [1.165, 1.54) is 0 Å². The molecule has 1 aliphatic rings. The molecule has 0 amide bonds. The number of sulfonamides is 1. The average molecular weight is 317 g/mol. The molecular formula is C14H23NO3S2. The predicted octanol–water partition coefficient (Wildman–Crippen LogP) is 2.65. The third-order valence-corrected chi connectivity index (χ3v) is 7.65. The zero-order valence-corrected chi connectivity index (χ0v) is 13.9. The van der Waals surface area contributed by atoms with Crippen molar-refractivity contribution in [1.82, 2.24) is 4.72 Å². The Morgan fingerprint density at radius 3 is 2.65 bits per heavy atom. The molecule has 0 saturated heterocycles. The van der Waals surface area contributed by atoms with Crippen LogP contribution in [0.5, 0.6) is 0 Å². The summed E-state index contributed by atoms with van der Waals surface area (Å²) in [6, 6.07) is 1.68. The van der Waals surface area contributed by atoms with Gasteiger partial charge in [-0.2, -0.15) is 0 Å². The van der Waals surface area contributed by atoms with Gasteiger partial charge in [0.2, 0.25) is 10.0 Å². The minimum Gasteiger partial charge on any atom is -0.391 e. The number of rotatable bonds is 5. The molecule has 0 radical (unpaired) electrons. The standard InChI is InChI=1S/C14H23NO3S2/c1-4-11-5-6-12(10(11)3)15-20(17,18)14-7-9(2)13(8-16)19-14/h7,10-12,15-16H,4-6,8H2,1-3H3. The summed E-state index contributed by atoms with van der Waals surface area (Å²) >= 11 is 1.16. The molecular weight excluding hydrogens is 294 g/mol. The van der Waals surface area contributed by atoms with Crippen molar-refractivity contribution in [3.63, 3.8) is 0 Å². The number of aliphatic hydroxyl groups is 1. The molecule has 3 atom stereocenters. The first kappa shape index (κ1) is 15.9. The van der Waals surface area contributed by atoms with E-state index in [9.17, 15) is 13.5 Å². The van der Waals surface area contributed by atoms with E-state index in [4.69, 9.17) is 0 Å². The largest absolute Gasteiger partial charge is 0.391 e. The van der Waals surface area contributed by atoms with Gasteiger partial charge in [0.05, 0.1) is 6.61 Å². The molecule has 20 heavy (non-hydrogen) atoms. The van der Waals surface area contributed by atoms with Crippen LogP contribution in [0.15, 0.2) is 10.3 Å². The van der Waals surface area contributed by atoms with Crippen molar-refractivity contribution in [2.75, 3.05) is 0 Å². The van der Waals surface area contributed by atoms with Gasteiger partial charge in [-0.3, -0.25) is 0 Å². The van der Waals surface area contributed by atoms with Crippen molar-refractivity contribution >= 4 is 21.4 Å². The summed E-state index contributed by atoms with van der Waals surface area (Å²) < 4.78 is 28.0. The van der Waals surface area contributed by atoms with Crippen LogP contribution in [0.1, 0.15) is 43.6 Å². The fraction of sp³-hybridized carbons (Fsp3) is 0.714. The molecule has 1 aliphatic carbocycles. The van der Waals surface area contributed by atoms with Gasteiger partial charge in [-0.1, -0.05) is 20.3 Å². The highest BCUT2D eigenvalue weighted by Gasteiger charge is 2.34. The highest BCUT2D eigenvalue weighted by atomic mass is 32.2. The Bertz CT molecular complexity index is 565. The maximum atomic E-state index is 12.4. The zero-order chi connectivity index (χ0) is 14.9. The lowest BCUT2D eigenvalue weighted by molar-refractivity contribution is 0.285. The van der Waals surface area contributed by atoms with E-state index in [0.717, 1.165) is 41.0 Å². The average Bonchev–Trinajstić information content (AvgIpc) is 2.94. The van der Waals surface area contributed by atoms with E-state index in [1.54, 1.807) is 6.07 Å². The minimum atomic E-state index is -3.46. The molecule has 0 aromatic carbocycles. The maximum Gasteiger partial charge on any atom is 0.250 e. The highest BCUT2D eigenvalue weighted by molar-refractivity contribution is 7.91. The molecule has 1 saturated carbocycles. The van der Waals surface area contributed by atoms with Gasteiger partial charge in [0.15, 0.2) is 0 Å². The number of aliphatic hydroxyl groups excluding tert-OH is 1. The molecule has 0 spiro atoms. The fourth-order valence-corrected chi connectivity index (χ4v) is 5.85. The summed E-state index contributed by atoms with van der Waals surface area (Å²) in [5, 5.41) is 9.19. The van der Waals surface area contributed by atoms with Crippen molar-refractivity contribution in [3.05, 3.63) is 16.5 Å². The maximum absolute atomic E-state index is 12.4. The second kappa shape index (κ2) is 6.13. The van der Waals surface area contributed by atoms with Gasteiger partial charge in [-0.15, -0.1) is 11.3 Å². The lowest BCUT2D eigenvalue weighted by Crippen LogP contribution is -2.37. The van der Waals surface area contributed by atoms with E-state index >= 15 is 0 Å². The second-order valence-corrected chi connectivity index (χ2v) is 8.74. The van der Waals surface area contributed by atoms with Crippen LogP contribution in [0.4, 0.5) is 0 Å². The Kier molecular flexibility index (Phi) is 4.89. The van der Waals surface area contributed by atoms with E-state index < -0.39 is 10.0 Å². The monoisotopic (exact) mass is 317 g/mol. The summed E-state index contributed by atoms with van der Waals surface area (Å²) in [4.78, 5) is 0.719. The lowest BCUT2D eigenvalue weighted by atomic mass is 9.94. The summed E-state index contributed by atoms with van der Waals surface area (Å²) in [6.07, 6.45) is 3.11. The van der Waals surface area contributed by atoms with Gasteiger partial charge in [-0.05, 0) is 43.2 Å². The topological polar surface area (TPSA) is 66.4 Å². The van der Waals surface area contributed by atoms with E-state index in [-0.39, 0.29) is 12.6 Å². The molecule has 2 N–H and O–H groups in total. The number of hydrogen-bond donors (Lipinski definition) is 2. The van der Waals surface area contributed by atoms with Crippen molar-refractivity contribution < 1.29 is 13.5 Å². The predicted molar refractivity (Wildman–Crippen MR) is 81.3 cm³/mol. The molecule has 114 valence electrons. The van der Waals surface area contributed by atoms with Crippen LogP contribution < -0.4 is 4.72 Å². The van der Waals surface area contributed by atoms with Crippen LogP contribution in [0.3, 0.4) is 0 Å². The van der Waals surface area contributed by atoms with Crippen LogP contribution in [0.25, 0.3) is 0 Å². The number of nitrogens with one attached hydrogen (secondary N) is 1. The van der Waals surface area contributed by atoms with E-state index in [2.05, 4.69) is 18.6 Å². The zero-order valence-electron chi connectivity index (χ0n) is 12.2. The molecule has 2 rings (SSSR count). The number of aryl methyl sites for hydroxylation is 1. The first-order valence-electron chi connectivity index (χ1n) is 7.11. The Morgan fingerprint density at radius 2 is 2.15 bits per heavy atom. The highest BCUT2D eigenvalue weighted by Crippen LogP contribution is 2.35. The summed E-state index contributed by atoms with van der Waals surface area (Å²) in [5.74, 6) is 0.994. The van der Waals surface area contributed by atoms with Crippen LogP contribution in [-0.2, 0) is 16.6 Å². The normalized spacial score (nSPS) is 27.1. The third kappa shape index (κ3) is 3.08. The van der Waals surface area contributed by atoms with Gasteiger partial charge in [0, 0.05) is 10.9 Å². The fourth-order valence-electron chi connectivity index (χ4n) is 3.03. The molecule has 0 aliphatic heterocycles.